The number of nitrogens with zero attached hydrogens (tertiary/aromatic N) is 2. The second kappa shape index (κ2) is 6.15. The van der Waals surface area contributed by atoms with Crippen LogP contribution in [-0.2, 0) is 6.54 Å². The first kappa shape index (κ1) is 11.8. The van der Waals surface area contributed by atoms with E-state index in [-0.39, 0.29) is 0 Å². The standard InChI is InChI=1S/C11H15N5S/c17-4-3-13-10-5-11(16-8-15-10)14-7-9-1-2-12-6-9/h1-2,5-6,8,12,17H,3-4,7H2,(H2,13,14,15,16). The zero-order valence-electron chi connectivity index (χ0n) is 9.35. The Hall–Kier alpha value is -1.69. The van der Waals surface area contributed by atoms with Crippen LogP contribution in [0.1, 0.15) is 5.56 Å². The van der Waals surface area contributed by atoms with Gasteiger partial charge in [0.1, 0.15) is 18.0 Å². The fraction of sp³-hybridized carbons (Fsp3) is 0.273. The van der Waals surface area contributed by atoms with Crippen molar-refractivity contribution in [1.82, 2.24) is 15.0 Å². The third kappa shape index (κ3) is 3.67. The molecule has 2 rings (SSSR count). The SMILES string of the molecule is SCCNc1cc(NCc2cc[nH]c2)ncn1. The highest BCUT2D eigenvalue weighted by atomic mass is 32.1. The van der Waals surface area contributed by atoms with E-state index in [2.05, 4.69) is 38.2 Å². The number of anilines is 2. The monoisotopic (exact) mass is 249 g/mol. The molecule has 6 heteroatoms. The molecule has 0 atom stereocenters. The summed E-state index contributed by atoms with van der Waals surface area (Å²) in [6.07, 6.45) is 5.39. The molecule has 3 N–H and O–H groups in total. The van der Waals surface area contributed by atoms with Crippen LogP contribution in [0.2, 0.25) is 0 Å². The summed E-state index contributed by atoms with van der Waals surface area (Å²) >= 11 is 4.13. The van der Waals surface area contributed by atoms with E-state index in [1.807, 2.05) is 24.5 Å². The fourth-order valence-corrected chi connectivity index (χ4v) is 1.51. The molecule has 0 radical (unpaired) electrons. The van der Waals surface area contributed by atoms with Crippen LogP contribution in [0.3, 0.4) is 0 Å². The van der Waals surface area contributed by atoms with E-state index in [0.717, 1.165) is 30.5 Å². The zero-order valence-corrected chi connectivity index (χ0v) is 10.2. The molecule has 2 heterocycles. The van der Waals surface area contributed by atoms with Crippen LogP contribution in [0.5, 0.6) is 0 Å². The van der Waals surface area contributed by atoms with Gasteiger partial charge < -0.3 is 15.6 Å². The van der Waals surface area contributed by atoms with Gasteiger partial charge in [0, 0.05) is 37.3 Å². The molecule has 2 aromatic rings. The minimum absolute atomic E-state index is 0.743. The third-order valence-electron chi connectivity index (χ3n) is 2.22. The number of thiol groups is 1. The van der Waals surface area contributed by atoms with E-state index in [0.29, 0.717) is 0 Å². The summed E-state index contributed by atoms with van der Waals surface area (Å²) in [5.41, 5.74) is 1.19. The van der Waals surface area contributed by atoms with Gasteiger partial charge in [-0.3, -0.25) is 0 Å². The average Bonchev–Trinajstić information content (AvgIpc) is 2.87. The summed E-state index contributed by atoms with van der Waals surface area (Å²) < 4.78 is 0. The lowest BCUT2D eigenvalue weighted by atomic mass is 10.3. The predicted molar refractivity (Wildman–Crippen MR) is 72.5 cm³/mol. The van der Waals surface area contributed by atoms with Gasteiger partial charge in [0.15, 0.2) is 0 Å². The molecule has 0 unspecified atom stereocenters. The number of H-pyrrole nitrogens is 1. The van der Waals surface area contributed by atoms with Gasteiger partial charge in [0.2, 0.25) is 0 Å². The Morgan fingerprint density at radius 2 is 2.06 bits per heavy atom. The first-order valence-corrected chi connectivity index (χ1v) is 6.04. The van der Waals surface area contributed by atoms with Crippen molar-refractivity contribution >= 4 is 24.3 Å². The van der Waals surface area contributed by atoms with Gasteiger partial charge in [0.05, 0.1) is 0 Å². The molecule has 0 aliphatic heterocycles. The van der Waals surface area contributed by atoms with Crippen molar-refractivity contribution in [2.75, 3.05) is 22.9 Å². The highest BCUT2D eigenvalue weighted by Gasteiger charge is 1.98. The van der Waals surface area contributed by atoms with Crippen molar-refractivity contribution in [2.45, 2.75) is 6.54 Å². The van der Waals surface area contributed by atoms with E-state index in [4.69, 9.17) is 0 Å². The van der Waals surface area contributed by atoms with Gasteiger partial charge in [-0.1, -0.05) is 0 Å². The van der Waals surface area contributed by atoms with Crippen molar-refractivity contribution in [3.63, 3.8) is 0 Å². The Morgan fingerprint density at radius 1 is 1.24 bits per heavy atom. The molecule has 17 heavy (non-hydrogen) atoms. The van der Waals surface area contributed by atoms with E-state index >= 15 is 0 Å². The summed E-state index contributed by atoms with van der Waals surface area (Å²) in [6, 6.07) is 3.91. The number of hydrogen-bond donors (Lipinski definition) is 4. The lowest BCUT2D eigenvalue weighted by Gasteiger charge is -2.06. The minimum Gasteiger partial charge on any atom is -0.369 e. The number of nitrogens with one attached hydrogen (secondary N) is 3. The van der Waals surface area contributed by atoms with Crippen molar-refractivity contribution in [1.29, 1.82) is 0 Å². The van der Waals surface area contributed by atoms with E-state index < -0.39 is 0 Å². The van der Waals surface area contributed by atoms with Gasteiger partial charge in [-0.2, -0.15) is 12.6 Å². The zero-order chi connectivity index (χ0) is 11.9. The van der Waals surface area contributed by atoms with Crippen LogP contribution < -0.4 is 10.6 Å². The lowest BCUT2D eigenvalue weighted by Crippen LogP contribution is -2.06. The van der Waals surface area contributed by atoms with E-state index in [9.17, 15) is 0 Å². The first-order chi connectivity index (χ1) is 8.38. The highest BCUT2D eigenvalue weighted by molar-refractivity contribution is 7.80. The van der Waals surface area contributed by atoms with Crippen molar-refractivity contribution in [3.05, 3.63) is 36.4 Å². The summed E-state index contributed by atoms with van der Waals surface area (Å²) in [6.45, 7) is 1.53. The number of hydrogen-bond acceptors (Lipinski definition) is 5. The van der Waals surface area contributed by atoms with Gasteiger partial charge in [-0.25, -0.2) is 9.97 Å². The van der Waals surface area contributed by atoms with Crippen molar-refractivity contribution in [3.8, 4) is 0 Å². The van der Waals surface area contributed by atoms with Crippen LogP contribution in [-0.4, -0.2) is 27.2 Å². The Morgan fingerprint density at radius 3 is 2.76 bits per heavy atom. The smallest absolute Gasteiger partial charge is 0.131 e. The summed E-state index contributed by atoms with van der Waals surface area (Å²) in [4.78, 5) is 11.3. The van der Waals surface area contributed by atoms with Crippen molar-refractivity contribution in [2.24, 2.45) is 0 Å². The highest BCUT2D eigenvalue weighted by Crippen LogP contribution is 2.09. The molecule has 0 bridgehead atoms. The first-order valence-electron chi connectivity index (χ1n) is 5.41. The van der Waals surface area contributed by atoms with Gasteiger partial charge in [-0.05, 0) is 11.6 Å². The maximum Gasteiger partial charge on any atom is 0.131 e. The van der Waals surface area contributed by atoms with E-state index in [1.165, 1.54) is 5.56 Å². The Bertz CT molecular complexity index is 443. The number of rotatable bonds is 6. The molecule has 90 valence electrons. The molecule has 0 amide bonds. The van der Waals surface area contributed by atoms with Crippen LogP contribution in [0.4, 0.5) is 11.6 Å². The maximum atomic E-state index is 4.16. The maximum absolute atomic E-state index is 4.16. The van der Waals surface area contributed by atoms with Crippen LogP contribution in [0.25, 0.3) is 0 Å². The average molecular weight is 249 g/mol. The minimum atomic E-state index is 0.743. The summed E-state index contributed by atoms with van der Waals surface area (Å²) in [7, 11) is 0. The normalized spacial score (nSPS) is 10.2. The molecular formula is C11H15N5S. The molecule has 2 aromatic heterocycles. The molecule has 0 aromatic carbocycles. The van der Waals surface area contributed by atoms with Gasteiger partial charge in [-0.15, -0.1) is 0 Å². The fourth-order valence-electron chi connectivity index (χ4n) is 1.40. The molecule has 0 aliphatic rings. The largest absolute Gasteiger partial charge is 0.369 e. The molecule has 0 saturated carbocycles. The summed E-state index contributed by atoms with van der Waals surface area (Å²) in [5, 5.41) is 6.39. The molecule has 0 fully saturated rings. The van der Waals surface area contributed by atoms with Gasteiger partial charge >= 0.3 is 0 Å². The predicted octanol–water partition coefficient (Wildman–Crippen LogP) is 1.76. The number of aromatic nitrogens is 3. The second-order valence-electron chi connectivity index (χ2n) is 3.51. The quantitative estimate of drug-likeness (QED) is 0.589. The molecule has 0 aliphatic carbocycles. The topological polar surface area (TPSA) is 65.6 Å². The van der Waals surface area contributed by atoms with Crippen molar-refractivity contribution < 1.29 is 0 Å². The Labute approximate surface area is 105 Å². The second-order valence-corrected chi connectivity index (χ2v) is 3.96. The molecule has 0 spiro atoms. The third-order valence-corrected chi connectivity index (χ3v) is 2.44. The lowest BCUT2D eigenvalue weighted by molar-refractivity contribution is 1.07. The van der Waals surface area contributed by atoms with Crippen LogP contribution >= 0.6 is 12.6 Å². The van der Waals surface area contributed by atoms with E-state index in [1.54, 1.807) is 6.33 Å². The van der Waals surface area contributed by atoms with Crippen LogP contribution in [0, 0.1) is 0 Å². The Balaban J connectivity index is 1.91. The summed E-state index contributed by atoms with van der Waals surface area (Å²) in [5.74, 6) is 2.39. The molecular weight excluding hydrogens is 234 g/mol. The Kier molecular flexibility index (Phi) is 4.26. The number of aromatic amines is 1. The molecule has 0 saturated heterocycles. The van der Waals surface area contributed by atoms with Gasteiger partial charge in [0.25, 0.3) is 0 Å². The molecule has 5 nitrogen and oxygen atoms in total. The van der Waals surface area contributed by atoms with Crippen LogP contribution in [0.15, 0.2) is 30.9 Å².